The first-order valence-electron chi connectivity index (χ1n) is 3.23. The average Bonchev–Trinajstić information content (AvgIpc) is 1.86. The maximum atomic E-state index is 10.9. The second kappa shape index (κ2) is 4.01. The molecule has 1 atom stereocenters. The smallest absolute Gasteiger partial charge is 0.279 e. The first kappa shape index (κ1) is 10.8. The van der Waals surface area contributed by atoms with Gasteiger partial charge in [-0.25, -0.2) is 4.72 Å². The van der Waals surface area contributed by atoms with Crippen molar-refractivity contribution in [2.45, 2.75) is 13.0 Å². The van der Waals surface area contributed by atoms with Crippen molar-refractivity contribution in [2.75, 3.05) is 20.6 Å². The lowest BCUT2D eigenvalue weighted by Gasteiger charge is -2.17. The molecule has 6 heteroatoms. The molecule has 0 aromatic rings. The molecule has 1 unspecified atom stereocenters. The van der Waals surface area contributed by atoms with Crippen molar-refractivity contribution < 1.29 is 13.5 Å². The minimum atomic E-state index is -3.37. The van der Waals surface area contributed by atoms with Crippen molar-refractivity contribution in [1.29, 1.82) is 0 Å². The number of likely N-dealkylation sites (N-methyl/N-ethyl adjacent to an activating group) is 1. The topological polar surface area (TPSA) is 69.6 Å². The molecule has 0 spiro atoms. The van der Waals surface area contributed by atoms with Crippen molar-refractivity contribution in [2.24, 2.45) is 0 Å². The third kappa shape index (κ3) is 3.66. The lowest BCUT2D eigenvalue weighted by molar-refractivity contribution is 0.170. The largest absolute Gasteiger partial charge is 0.392 e. The lowest BCUT2D eigenvalue weighted by atomic mass is 10.4. The summed E-state index contributed by atoms with van der Waals surface area (Å²) >= 11 is 0. The van der Waals surface area contributed by atoms with Crippen LogP contribution >= 0.6 is 0 Å². The Morgan fingerprint density at radius 3 is 2.36 bits per heavy atom. The van der Waals surface area contributed by atoms with Crippen molar-refractivity contribution >= 4 is 10.2 Å². The molecule has 0 aliphatic carbocycles. The number of rotatable bonds is 4. The van der Waals surface area contributed by atoms with Gasteiger partial charge >= 0.3 is 0 Å². The van der Waals surface area contributed by atoms with Gasteiger partial charge < -0.3 is 5.11 Å². The van der Waals surface area contributed by atoms with E-state index in [1.54, 1.807) is 0 Å². The molecule has 68 valence electrons. The van der Waals surface area contributed by atoms with Crippen LogP contribution in [0.25, 0.3) is 0 Å². The van der Waals surface area contributed by atoms with Crippen molar-refractivity contribution in [3.05, 3.63) is 0 Å². The molecule has 0 rings (SSSR count). The van der Waals surface area contributed by atoms with E-state index in [2.05, 4.69) is 4.72 Å². The lowest BCUT2D eigenvalue weighted by Crippen LogP contribution is -2.39. The van der Waals surface area contributed by atoms with E-state index >= 15 is 0 Å². The molecule has 0 aliphatic rings. The molecule has 0 radical (unpaired) electrons. The summed E-state index contributed by atoms with van der Waals surface area (Å²) < 4.78 is 25.1. The van der Waals surface area contributed by atoms with Gasteiger partial charge in [-0.15, -0.1) is 0 Å². The van der Waals surface area contributed by atoms with Crippen LogP contribution in [0.2, 0.25) is 0 Å². The predicted molar refractivity (Wildman–Crippen MR) is 42.3 cm³/mol. The molecule has 0 amide bonds. The first-order valence-corrected chi connectivity index (χ1v) is 4.67. The fourth-order valence-electron chi connectivity index (χ4n) is 0.626. The Kier molecular flexibility index (Phi) is 3.95. The Bertz CT molecular complexity index is 200. The van der Waals surface area contributed by atoms with E-state index in [0.29, 0.717) is 0 Å². The quantitative estimate of drug-likeness (QED) is 0.571. The Morgan fingerprint density at radius 2 is 2.09 bits per heavy atom. The summed E-state index contributed by atoms with van der Waals surface area (Å²) in [5, 5.41) is 8.85. The SMILES string of the molecule is CNS(=O)(=O)N(C)CC(C)O. The van der Waals surface area contributed by atoms with Gasteiger partial charge in [0.2, 0.25) is 0 Å². The molecular formula is C5H14N2O3S. The van der Waals surface area contributed by atoms with Crippen LogP contribution in [-0.2, 0) is 10.2 Å². The van der Waals surface area contributed by atoms with Gasteiger partial charge in [0.05, 0.1) is 6.10 Å². The Morgan fingerprint density at radius 1 is 1.64 bits per heavy atom. The summed E-state index contributed by atoms with van der Waals surface area (Å²) in [7, 11) is -0.641. The van der Waals surface area contributed by atoms with Crippen LogP contribution in [0.4, 0.5) is 0 Å². The van der Waals surface area contributed by atoms with Gasteiger partial charge in [-0.3, -0.25) is 0 Å². The summed E-state index contributed by atoms with van der Waals surface area (Å²) in [4.78, 5) is 0. The maximum absolute atomic E-state index is 10.9. The van der Waals surface area contributed by atoms with Crippen molar-refractivity contribution in [3.63, 3.8) is 0 Å². The molecule has 0 fully saturated rings. The highest BCUT2D eigenvalue weighted by Crippen LogP contribution is 1.93. The normalized spacial score (nSPS) is 15.4. The first-order chi connectivity index (χ1) is 4.90. The maximum Gasteiger partial charge on any atom is 0.279 e. The van der Waals surface area contributed by atoms with Gasteiger partial charge in [-0.2, -0.15) is 12.7 Å². The monoisotopic (exact) mass is 182 g/mol. The van der Waals surface area contributed by atoms with Crippen LogP contribution in [0.5, 0.6) is 0 Å². The molecule has 11 heavy (non-hydrogen) atoms. The third-order valence-electron chi connectivity index (χ3n) is 1.19. The van der Waals surface area contributed by atoms with E-state index in [-0.39, 0.29) is 6.54 Å². The highest BCUT2D eigenvalue weighted by atomic mass is 32.2. The van der Waals surface area contributed by atoms with Gasteiger partial charge in [0, 0.05) is 20.6 Å². The van der Waals surface area contributed by atoms with E-state index in [0.717, 1.165) is 4.31 Å². The van der Waals surface area contributed by atoms with E-state index in [4.69, 9.17) is 5.11 Å². The van der Waals surface area contributed by atoms with Crippen molar-refractivity contribution in [1.82, 2.24) is 9.03 Å². The van der Waals surface area contributed by atoms with E-state index in [1.807, 2.05) is 0 Å². The minimum absolute atomic E-state index is 0.100. The minimum Gasteiger partial charge on any atom is -0.392 e. The van der Waals surface area contributed by atoms with Gasteiger partial charge in [0.25, 0.3) is 10.2 Å². The molecule has 0 aromatic heterocycles. The zero-order valence-corrected chi connectivity index (χ0v) is 7.72. The number of hydrogen-bond acceptors (Lipinski definition) is 3. The number of hydrogen-bond donors (Lipinski definition) is 2. The summed E-state index contributed by atoms with van der Waals surface area (Å²) in [6, 6.07) is 0. The Hall–Kier alpha value is -0.170. The van der Waals surface area contributed by atoms with Crippen LogP contribution in [-0.4, -0.2) is 44.6 Å². The van der Waals surface area contributed by atoms with Gasteiger partial charge in [0.1, 0.15) is 0 Å². The predicted octanol–water partition coefficient (Wildman–Crippen LogP) is -1.24. The second-order valence-corrected chi connectivity index (χ2v) is 4.32. The highest BCUT2D eigenvalue weighted by molar-refractivity contribution is 7.87. The van der Waals surface area contributed by atoms with E-state index in [1.165, 1.54) is 21.0 Å². The summed E-state index contributed by atoms with van der Waals surface area (Å²) in [6.45, 7) is 1.63. The fourth-order valence-corrected chi connectivity index (χ4v) is 1.35. The zero-order valence-electron chi connectivity index (χ0n) is 6.90. The number of aliphatic hydroxyl groups is 1. The molecule has 2 N–H and O–H groups in total. The van der Waals surface area contributed by atoms with Crippen LogP contribution in [0.1, 0.15) is 6.92 Å². The Balaban J connectivity index is 4.14. The molecule has 0 heterocycles. The Labute approximate surface area is 67.2 Å². The zero-order chi connectivity index (χ0) is 9.07. The standard InChI is InChI=1S/C5H14N2O3S/c1-5(8)4-7(3)11(9,10)6-2/h5-6,8H,4H2,1-3H3. The average molecular weight is 182 g/mol. The summed E-state index contributed by atoms with van der Waals surface area (Å²) in [6.07, 6.45) is -0.650. The fraction of sp³-hybridized carbons (Fsp3) is 1.00. The van der Waals surface area contributed by atoms with Crippen LogP contribution in [0, 0.1) is 0 Å². The van der Waals surface area contributed by atoms with Gasteiger partial charge in [0.15, 0.2) is 0 Å². The molecule has 0 saturated heterocycles. The highest BCUT2D eigenvalue weighted by Gasteiger charge is 2.15. The summed E-state index contributed by atoms with van der Waals surface area (Å²) in [5.41, 5.74) is 0. The molecule has 0 bridgehead atoms. The molecular weight excluding hydrogens is 168 g/mol. The number of aliphatic hydroxyl groups excluding tert-OH is 1. The van der Waals surface area contributed by atoms with Crippen LogP contribution in [0.15, 0.2) is 0 Å². The summed E-state index contributed by atoms with van der Waals surface area (Å²) in [5.74, 6) is 0. The van der Waals surface area contributed by atoms with Gasteiger partial charge in [-0.05, 0) is 6.92 Å². The molecule has 0 aromatic carbocycles. The van der Waals surface area contributed by atoms with Crippen molar-refractivity contribution in [3.8, 4) is 0 Å². The van der Waals surface area contributed by atoms with Crippen LogP contribution < -0.4 is 4.72 Å². The van der Waals surface area contributed by atoms with E-state index in [9.17, 15) is 8.42 Å². The molecule has 0 aliphatic heterocycles. The third-order valence-corrected chi connectivity index (χ3v) is 2.68. The van der Waals surface area contributed by atoms with E-state index < -0.39 is 16.3 Å². The number of nitrogens with one attached hydrogen (secondary N) is 1. The molecule has 5 nitrogen and oxygen atoms in total. The van der Waals surface area contributed by atoms with Crippen LogP contribution in [0.3, 0.4) is 0 Å². The number of nitrogens with zero attached hydrogens (tertiary/aromatic N) is 1. The molecule has 0 saturated carbocycles. The van der Waals surface area contributed by atoms with Gasteiger partial charge in [-0.1, -0.05) is 0 Å². The second-order valence-electron chi connectivity index (χ2n) is 2.34.